The van der Waals surface area contributed by atoms with Crippen LogP contribution in [-0.4, -0.2) is 22.7 Å². The third-order valence-corrected chi connectivity index (χ3v) is 1.03. The lowest BCUT2D eigenvalue weighted by molar-refractivity contribution is 0.0858. The first kappa shape index (κ1) is 7.85. The largest absolute Gasteiger partial charge is 0.507 e. The average Bonchev–Trinajstić information content (AvgIpc) is 1.65. The van der Waals surface area contributed by atoms with Gasteiger partial charge in [0.15, 0.2) is 5.56 Å². The molecule has 0 spiro atoms. The van der Waals surface area contributed by atoms with Crippen LogP contribution < -0.4 is 0 Å². The van der Waals surface area contributed by atoms with Gasteiger partial charge in [-0.1, -0.05) is 11.6 Å². The highest BCUT2D eigenvalue weighted by atomic mass is 35.5. The Balaban J connectivity index is 3.24. The summed E-state index contributed by atoms with van der Waals surface area (Å²) in [6.07, 6.45) is -1.41. The third-order valence-electron chi connectivity index (χ3n) is 0.350. The van der Waals surface area contributed by atoms with Crippen LogP contribution in [0, 0.1) is 0 Å². The van der Waals surface area contributed by atoms with Crippen LogP contribution in [0.1, 0.15) is 0 Å². The number of ether oxygens (including phenoxy) is 1. The monoisotopic (exact) mass is 158 g/mol. The van der Waals surface area contributed by atoms with Gasteiger partial charge in [0.1, 0.15) is 0 Å². The molecule has 0 aliphatic carbocycles. The van der Waals surface area contributed by atoms with E-state index in [1.165, 1.54) is 0 Å². The normalized spacial score (nSPS) is 12.8. The summed E-state index contributed by atoms with van der Waals surface area (Å²) in [6, 6.07) is 0. The Kier molecular flexibility index (Phi) is 3.73. The van der Waals surface area contributed by atoms with Crippen molar-refractivity contribution in [1.82, 2.24) is 0 Å². The van der Waals surface area contributed by atoms with Crippen LogP contribution in [-0.2, 0) is 4.74 Å². The minimum Gasteiger partial charge on any atom is -0.450 e. The highest BCUT2D eigenvalue weighted by molar-refractivity contribution is 6.27. The van der Waals surface area contributed by atoms with E-state index in [4.69, 9.17) is 28.3 Å². The number of hydrogen-bond donors (Lipinski definition) is 1. The zero-order valence-electron chi connectivity index (χ0n) is 3.80. The molecule has 0 aliphatic heterocycles. The van der Waals surface area contributed by atoms with Gasteiger partial charge in [-0.15, -0.1) is 11.6 Å². The van der Waals surface area contributed by atoms with Gasteiger partial charge in [0.05, 0.1) is 5.88 Å². The van der Waals surface area contributed by atoms with E-state index in [9.17, 15) is 4.79 Å². The summed E-state index contributed by atoms with van der Waals surface area (Å²) in [7, 11) is 0. The van der Waals surface area contributed by atoms with E-state index < -0.39 is 11.7 Å². The van der Waals surface area contributed by atoms with Crippen molar-refractivity contribution in [3.63, 3.8) is 0 Å². The van der Waals surface area contributed by atoms with E-state index in [2.05, 4.69) is 4.74 Å². The van der Waals surface area contributed by atoms with Crippen LogP contribution >= 0.6 is 23.2 Å². The maximum atomic E-state index is 9.60. The van der Waals surface area contributed by atoms with Crippen molar-refractivity contribution < 1.29 is 14.6 Å². The Morgan fingerprint density at radius 1 is 1.88 bits per heavy atom. The molecule has 1 unspecified atom stereocenters. The molecule has 0 heterocycles. The molecule has 0 bridgehead atoms. The van der Waals surface area contributed by atoms with Crippen LogP contribution in [0.3, 0.4) is 0 Å². The van der Waals surface area contributed by atoms with Crippen LogP contribution in [0.4, 0.5) is 4.79 Å². The van der Waals surface area contributed by atoms with E-state index >= 15 is 0 Å². The van der Waals surface area contributed by atoms with E-state index in [1.807, 2.05) is 0 Å². The van der Waals surface area contributed by atoms with Crippen LogP contribution in [0.2, 0.25) is 0 Å². The highest BCUT2D eigenvalue weighted by Crippen LogP contribution is 1.99. The molecule has 3 nitrogen and oxygen atoms in total. The van der Waals surface area contributed by atoms with Gasteiger partial charge in [-0.25, -0.2) is 4.79 Å². The van der Waals surface area contributed by atoms with Gasteiger partial charge in [0.25, 0.3) is 0 Å². The van der Waals surface area contributed by atoms with Gasteiger partial charge in [-0.05, 0) is 0 Å². The van der Waals surface area contributed by atoms with Gasteiger partial charge in [0, 0.05) is 0 Å². The van der Waals surface area contributed by atoms with Crippen LogP contribution in [0.25, 0.3) is 0 Å². The first-order valence-electron chi connectivity index (χ1n) is 1.76. The number of carboxylic acid groups (broad SMARTS) is 1. The molecular formula is C3H4Cl2O3. The molecule has 0 fully saturated rings. The SMILES string of the molecule is O=C(O)OC(Cl)CCl. The van der Waals surface area contributed by atoms with Crippen molar-refractivity contribution in [2.24, 2.45) is 0 Å². The lowest BCUT2D eigenvalue weighted by Crippen LogP contribution is -2.11. The Labute approximate surface area is 56.1 Å². The first-order valence-corrected chi connectivity index (χ1v) is 2.73. The second-order valence-corrected chi connectivity index (χ2v) is 1.74. The number of rotatable bonds is 2. The summed E-state index contributed by atoms with van der Waals surface area (Å²) in [4.78, 5) is 9.60. The fraction of sp³-hybridized carbons (Fsp3) is 0.667. The fourth-order valence-corrected chi connectivity index (χ4v) is 0.280. The maximum absolute atomic E-state index is 9.60. The summed E-state index contributed by atoms with van der Waals surface area (Å²) < 4.78 is 3.95. The van der Waals surface area contributed by atoms with Crippen molar-refractivity contribution in [2.45, 2.75) is 5.56 Å². The topological polar surface area (TPSA) is 46.5 Å². The summed E-state index contributed by atoms with van der Waals surface area (Å²) in [6.45, 7) is 0. The van der Waals surface area contributed by atoms with Gasteiger partial charge >= 0.3 is 6.16 Å². The molecule has 0 aromatic carbocycles. The predicted molar refractivity (Wildman–Crippen MR) is 29.5 cm³/mol. The molecule has 0 amide bonds. The molecule has 1 N–H and O–H groups in total. The minimum atomic E-state index is -1.41. The predicted octanol–water partition coefficient (Wildman–Crippen LogP) is 1.48. The van der Waals surface area contributed by atoms with Gasteiger partial charge in [0.2, 0.25) is 0 Å². The Hall–Kier alpha value is -0.150. The molecule has 0 saturated carbocycles. The molecule has 1 atom stereocenters. The molecule has 0 aromatic rings. The third kappa shape index (κ3) is 4.02. The summed E-state index contributed by atoms with van der Waals surface area (Å²) >= 11 is 10.2. The Morgan fingerprint density at radius 3 is 2.50 bits per heavy atom. The van der Waals surface area contributed by atoms with Crippen LogP contribution in [0.5, 0.6) is 0 Å². The maximum Gasteiger partial charge on any atom is 0.507 e. The molecule has 0 saturated heterocycles. The fourth-order valence-electron chi connectivity index (χ4n) is 0.141. The molecule has 0 aliphatic rings. The Bertz CT molecular complexity index is 84.6. The molecule has 8 heavy (non-hydrogen) atoms. The number of halogens is 2. The molecular weight excluding hydrogens is 155 g/mol. The smallest absolute Gasteiger partial charge is 0.450 e. The molecule has 0 aromatic heterocycles. The molecule has 0 rings (SSSR count). The lowest BCUT2D eigenvalue weighted by atomic mass is 10.8. The van der Waals surface area contributed by atoms with E-state index in [0.717, 1.165) is 0 Å². The highest BCUT2D eigenvalue weighted by Gasteiger charge is 2.05. The van der Waals surface area contributed by atoms with Crippen LogP contribution in [0.15, 0.2) is 0 Å². The summed E-state index contributed by atoms with van der Waals surface area (Å²) in [5, 5.41) is 7.85. The molecule has 0 radical (unpaired) electrons. The number of hydrogen-bond acceptors (Lipinski definition) is 2. The van der Waals surface area contributed by atoms with Gasteiger partial charge in [-0.3, -0.25) is 0 Å². The van der Waals surface area contributed by atoms with Gasteiger partial charge < -0.3 is 9.84 Å². The van der Waals surface area contributed by atoms with E-state index in [0.29, 0.717) is 0 Å². The first-order chi connectivity index (χ1) is 3.66. The summed E-state index contributed by atoms with van der Waals surface area (Å²) in [5.41, 5.74) is -0.936. The van der Waals surface area contributed by atoms with Crippen molar-refractivity contribution in [1.29, 1.82) is 0 Å². The second kappa shape index (κ2) is 3.80. The standard InChI is InChI=1S/C3H4Cl2O3/c4-1-2(5)8-3(6)7/h2H,1H2,(H,6,7). The molecule has 48 valence electrons. The zero-order valence-corrected chi connectivity index (χ0v) is 5.32. The van der Waals surface area contributed by atoms with E-state index in [1.54, 1.807) is 0 Å². The zero-order chi connectivity index (χ0) is 6.57. The number of carbonyl (C=O) groups is 1. The van der Waals surface area contributed by atoms with Crippen molar-refractivity contribution in [3.05, 3.63) is 0 Å². The minimum absolute atomic E-state index is 0.0339. The Morgan fingerprint density at radius 2 is 2.38 bits per heavy atom. The van der Waals surface area contributed by atoms with Gasteiger partial charge in [-0.2, -0.15) is 0 Å². The lowest BCUT2D eigenvalue weighted by Gasteiger charge is -2.01. The quantitative estimate of drug-likeness (QED) is 0.490. The van der Waals surface area contributed by atoms with Crippen molar-refractivity contribution >= 4 is 29.4 Å². The van der Waals surface area contributed by atoms with E-state index in [-0.39, 0.29) is 5.88 Å². The van der Waals surface area contributed by atoms with Crippen molar-refractivity contribution in [2.75, 3.05) is 5.88 Å². The summed E-state index contributed by atoms with van der Waals surface area (Å²) in [5.74, 6) is -0.0339. The second-order valence-electron chi connectivity index (χ2n) is 0.948. The molecule has 5 heteroatoms. The van der Waals surface area contributed by atoms with Crippen molar-refractivity contribution in [3.8, 4) is 0 Å². The average molecular weight is 159 g/mol. The number of alkyl halides is 2.